The molecule has 4 atom stereocenters. The van der Waals surface area contributed by atoms with Gasteiger partial charge in [-0.3, -0.25) is 9.63 Å². The maximum absolute atomic E-state index is 13.1. The Bertz CT molecular complexity index is 772. The Morgan fingerprint density at radius 3 is 2.66 bits per heavy atom. The number of halogens is 3. The van der Waals surface area contributed by atoms with E-state index in [9.17, 15) is 28.1 Å². The van der Waals surface area contributed by atoms with E-state index in [1.165, 1.54) is 6.92 Å². The lowest BCUT2D eigenvalue weighted by Gasteiger charge is -2.37. The molecule has 0 radical (unpaired) electrons. The van der Waals surface area contributed by atoms with Gasteiger partial charge in [0.1, 0.15) is 0 Å². The van der Waals surface area contributed by atoms with Gasteiger partial charge in [-0.2, -0.15) is 13.2 Å². The Labute approximate surface area is 162 Å². The molecule has 0 aliphatic carbocycles. The van der Waals surface area contributed by atoms with Crippen LogP contribution in [0.1, 0.15) is 31.4 Å². The molecule has 1 amide bonds. The quantitative estimate of drug-likeness (QED) is 0.220. The lowest BCUT2D eigenvalue weighted by molar-refractivity contribution is -0.782. The highest BCUT2D eigenvalue weighted by Crippen LogP contribution is 2.30. The fourth-order valence-corrected chi connectivity index (χ4v) is 3.04. The number of carbonyl (C=O) groups is 1. The molecule has 1 aliphatic rings. The summed E-state index contributed by atoms with van der Waals surface area (Å²) in [6.07, 6.45) is -7.47. The fourth-order valence-electron chi connectivity index (χ4n) is 3.04. The number of hydrogen-bond donors (Lipinski definition) is 0. The molecule has 1 unspecified atom stereocenters. The van der Waals surface area contributed by atoms with Gasteiger partial charge in [0.15, 0.2) is 0 Å². The van der Waals surface area contributed by atoms with Crippen molar-refractivity contribution in [1.29, 1.82) is 0 Å². The topological polar surface area (TPSA) is 131 Å². The van der Waals surface area contributed by atoms with Crippen LogP contribution in [0.15, 0.2) is 35.4 Å². The van der Waals surface area contributed by atoms with Crippen molar-refractivity contribution in [1.82, 2.24) is 4.90 Å². The first-order valence-corrected chi connectivity index (χ1v) is 8.57. The predicted molar refractivity (Wildman–Crippen MR) is 91.5 cm³/mol. The standard InChI is InChI=1S/C16H18F3N5O5/c1-10(11-5-3-2-4-6-11)23(15(25)16(17,18)19)9-12-7-8-13(21-22-20)14(28-12)29-24(26)27/h2-6,10,12-14H,7-9H2,1H3/t10-,12+,13-,14?/m1/s1. The number of hydrogen-bond acceptors (Lipinski definition) is 6. The maximum Gasteiger partial charge on any atom is 0.471 e. The number of azide groups is 1. The Hall–Kier alpha value is -3.05. The van der Waals surface area contributed by atoms with Crippen LogP contribution in [0.25, 0.3) is 10.4 Å². The van der Waals surface area contributed by atoms with Crippen LogP contribution in [-0.4, -0.2) is 47.1 Å². The van der Waals surface area contributed by atoms with Crippen molar-refractivity contribution in [3.05, 3.63) is 56.5 Å². The maximum atomic E-state index is 13.1. The van der Waals surface area contributed by atoms with Gasteiger partial charge >= 0.3 is 12.1 Å². The zero-order valence-electron chi connectivity index (χ0n) is 15.2. The fraction of sp³-hybridized carbons (Fsp3) is 0.562. The smallest absolute Gasteiger partial charge is 0.347 e. The molecular formula is C16H18F3N5O5. The lowest BCUT2D eigenvalue weighted by Crippen LogP contribution is -2.50. The molecule has 1 aromatic rings. The molecule has 0 spiro atoms. The van der Waals surface area contributed by atoms with E-state index >= 15 is 0 Å². The van der Waals surface area contributed by atoms with Crippen LogP contribution in [0.5, 0.6) is 0 Å². The summed E-state index contributed by atoms with van der Waals surface area (Å²) < 4.78 is 44.8. The molecular weight excluding hydrogens is 399 g/mol. The highest BCUT2D eigenvalue weighted by atomic mass is 19.4. The summed E-state index contributed by atoms with van der Waals surface area (Å²) in [6, 6.07) is 6.17. The SMILES string of the molecule is C[C@H](c1ccccc1)N(C[C@@H]1CC[C@@H](N=[N+]=[N-])C(O[N+](=O)[O-])O1)C(=O)C(F)(F)F. The number of alkyl halides is 3. The second kappa shape index (κ2) is 9.43. The first-order chi connectivity index (χ1) is 13.6. The Balaban J connectivity index is 2.22. The molecule has 0 aromatic heterocycles. The Morgan fingerprint density at radius 2 is 2.10 bits per heavy atom. The van der Waals surface area contributed by atoms with Gasteiger partial charge in [-0.25, -0.2) is 0 Å². The zero-order chi connectivity index (χ0) is 21.6. The van der Waals surface area contributed by atoms with Crippen molar-refractivity contribution >= 4 is 5.91 Å². The van der Waals surface area contributed by atoms with E-state index in [-0.39, 0.29) is 12.8 Å². The van der Waals surface area contributed by atoms with E-state index in [1.54, 1.807) is 30.3 Å². The second-order valence-electron chi connectivity index (χ2n) is 6.35. The van der Waals surface area contributed by atoms with Crippen molar-refractivity contribution in [2.24, 2.45) is 5.11 Å². The minimum atomic E-state index is -5.11. The van der Waals surface area contributed by atoms with Crippen LogP contribution in [0.2, 0.25) is 0 Å². The molecule has 1 saturated heterocycles. The first-order valence-electron chi connectivity index (χ1n) is 8.57. The first kappa shape index (κ1) is 22.2. The van der Waals surface area contributed by atoms with Gasteiger partial charge < -0.3 is 9.64 Å². The third kappa shape index (κ3) is 5.96. The number of amides is 1. The van der Waals surface area contributed by atoms with Crippen LogP contribution in [0.3, 0.4) is 0 Å². The Morgan fingerprint density at radius 1 is 1.45 bits per heavy atom. The third-order valence-electron chi connectivity index (χ3n) is 4.47. The van der Waals surface area contributed by atoms with E-state index < -0.39 is 48.2 Å². The Kier molecular flexibility index (Phi) is 7.23. The van der Waals surface area contributed by atoms with Crippen LogP contribution >= 0.6 is 0 Å². The number of nitrogens with zero attached hydrogens (tertiary/aromatic N) is 5. The van der Waals surface area contributed by atoms with E-state index in [2.05, 4.69) is 14.9 Å². The molecule has 2 rings (SSSR count). The average molecular weight is 417 g/mol. The summed E-state index contributed by atoms with van der Waals surface area (Å²) in [5.41, 5.74) is 9.02. The van der Waals surface area contributed by atoms with Crippen molar-refractivity contribution < 1.29 is 32.6 Å². The van der Waals surface area contributed by atoms with Crippen LogP contribution in [-0.2, 0) is 14.4 Å². The van der Waals surface area contributed by atoms with Crippen LogP contribution < -0.4 is 0 Å². The van der Waals surface area contributed by atoms with Gasteiger partial charge in [-0.05, 0) is 30.9 Å². The van der Waals surface area contributed by atoms with Crippen molar-refractivity contribution in [2.75, 3.05) is 6.54 Å². The number of ether oxygens (including phenoxy) is 1. The molecule has 158 valence electrons. The summed E-state index contributed by atoms with van der Waals surface area (Å²) in [5, 5.41) is 12.8. The van der Waals surface area contributed by atoms with E-state index in [0.29, 0.717) is 10.5 Å². The zero-order valence-corrected chi connectivity index (χ0v) is 15.2. The van der Waals surface area contributed by atoms with Gasteiger partial charge in [0.25, 0.3) is 5.09 Å². The number of rotatable bonds is 7. The summed E-state index contributed by atoms with van der Waals surface area (Å²) in [7, 11) is 0. The van der Waals surface area contributed by atoms with Crippen LogP contribution in [0.4, 0.5) is 13.2 Å². The molecule has 29 heavy (non-hydrogen) atoms. The molecule has 1 heterocycles. The van der Waals surface area contributed by atoms with E-state index in [4.69, 9.17) is 10.3 Å². The summed E-state index contributed by atoms with van der Waals surface area (Å²) in [4.78, 5) is 30.2. The van der Waals surface area contributed by atoms with Crippen molar-refractivity contribution in [3.63, 3.8) is 0 Å². The third-order valence-corrected chi connectivity index (χ3v) is 4.47. The monoisotopic (exact) mass is 417 g/mol. The van der Waals surface area contributed by atoms with Gasteiger partial charge in [0.2, 0.25) is 6.29 Å². The van der Waals surface area contributed by atoms with E-state index in [1.807, 2.05) is 0 Å². The minimum absolute atomic E-state index is 0.0843. The summed E-state index contributed by atoms with van der Waals surface area (Å²) in [6.45, 7) is 0.963. The summed E-state index contributed by atoms with van der Waals surface area (Å²) >= 11 is 0. The largest absolute Gasteiger partial charge is 0.471 e. The second-order valence-corrected chi connectivity index (χ2v) is 6.35. The molecule has 1 aliphatic heterocycles. The highest BCUT2D eigenvalue weighted by molar-refractivity contribution is 5.82. The highest BCUT2D eigenvalue weighted by Gasteiger charge is 2.45. The van der Waals surface area contributed by atoms with Crippen molar-refractivity contribution in [3.8, 4) is 0 Å². The predicted octanol–water partition coefficient (Wildman–Crippen LogP) is 3.53. The molecule has 0 saturated carbocycles. The number of carbonyl (C=O) groups excluding carboxylic acids is 1. The van der Waals surface area contributed by atoms with Gasteiger partial charge in [-0.1, -0.05) is 35.4 Å². The van der Waals surface area contributed by atoms with Gasteiger partial charge in [0, 0.05) is 11.5 Å². The normalized spacial score (nSPS) is 22.8. The van der Waals surface area contributed by atoms with Gasteiger partial charge in [-0.15, -0.1) is 10.1 Å². The van der Waals surface area contributed by atoms with E-state index in [0.717, 1.165) is 0 Å². The van der Waals surface area contributed by atoms with Crippen LogP contribution in [0, 0.1) is 10.1 Å². The molecule has 13 heteroatoms. The molecule has 1 fully saturated rings. The summed E-state index contributed by atoms with van der Waals surface area (Å²) in [5.74, 6) is -2.05. The molecule has 1 aromatic carbocycles. The van der Waals surface area contributed by atoms with Crippen molar-refractivity contribution in [2.45, 2.75) is 50.4 Å². The minimum Gasteiger partial charge on any atom is -0.347 e. The number of benzene rings is 1. The molecule has 0 bridgehead atoms. The molecule has 10 nitrogen and oxygen atoms in total. The lowest BCUT2D eigenvalue weighted by atomic mass is 10.0. The molecule has 0 N–H and O–H groups in total. The van der Waals surface area contributed by atoms with Gasteiger partial charge in [0.05, 0.1) is 18.2 Å². The average Bonchev–Trinajstić information content (AvgIpc) is 2.66.